The Hall–Kier alpha value is -2.59. The van der Waals surface area contributed by atoms with Crippen LogP contribution in [-0.4, -0.2) is 21.0 Å². The molecule has 10 heteroatoms. The Morgan fingerprint density at radius 3 is 2.62 bits per heavy atom. The molecule has 0 fully saturated rings. The van der Waals surface area contributed by atoms with Crippen molar-refractivity contribution in [3.8, 4) is 10.8 Å². The van der Waals surface area contributed by atoms with Gasteiger partial charge >= 0.3 is 6.01 Å². The topological polar surface area (TPSA) is 111 Å². The number of hydrogen-bond acceptors (Lipinski definition) is 7. The predicted octanol–water partition coefficient (Wildman–Crippen LogP) is 3.65. The third-order valence-corrected chi connectivity index (χ3v) is 4.58. The van der Waals surface area contributed by atoms with Crippen molar-refractivity contribution >= 4 is 44.9 Å². The number of nitrogens with zero attached hydrogens (tertiary/aromatic N) is 3. The van der Waals surface area contributed by atoms with Gasteiger partial charge in [-0.15, -0.1) is 16.4 Å². The minimum absolute atomic E-state index is 0.00133. The van der Waals surface area contributed by atoms with Crippen LogP contribution >= 0.6 is 27.3 Å². The Morgan fingerprint density at radius 2 is 2.00 bits per heavy atom. The number of benzene rings is 1. The van der Waals surface area contributed by atoms with Gasteiger partial charge in [-0.1, -0.05) is 17.2 Å². The van der Waals surface area contributed by atoms with Crippen molar-refractivity contribution in [3.63, 3.8) is 0 Å². The molecule has 1 aromatic carbocycles. The molecule has 3 rings (SSSR count). The number of thiophene rings is 1. The van der Waals surface area contributed by atoms with E-state index < -0.39 is 4.92 Å². The lowest BCUT2D eigenvalue weighted by Crippen LogP contribution is -2.14. The number of anilines is 1. The molecule has 1 N–H and O–H groups in total. The summed E-state index contributed by atoms with van der Waals surface area (Å²) in [4.78, 5) is 22.9. The van der Waals surface area contributed by atoms with Crippen molar-refractivity contribution in [1.29, 1.82) is 0 Å². The molecule has 2 aromatic heterocycles. The molecule has 122 valence electrons. The van der Waals surface area contributed by atoms with Crippen LogP contribution in [0, 0.1) is 10.1 Å². The Morgan fingerprint density at radius 1 is 1.25 bits per heavy atom. The number of hydrogen-bond donors (Lipinski definition) is 1. The molecule has 0 spiro atoms. The summed E-state index contributed by atoms with van der Waals surface area (Å²) in [5.74, 6) is -0.0391. The number of nitro groups is 1. The highest BCUT2D eigenvalue weighted by Gasteiger charge is 2.13. The van der Waals surface area contributed by atoms with Crippen LogP contribution in [0.3, 0.4) is 0 Å². The molecule has 0 atom stereocenters. The Kier molecular flexibility index (Phi) is 4.67. The number of non-ortho nitro benzene ring substituents is 1. The average Bonchev–Trinajstić information content (AvgIpc) is 3.16. The van der Waals surface area contributed by atoms with Crippen molar-refractivity contribution in [2.75, 3.05) is 5.32 Å². The molecule has 2 heterocycles. The van der Waals surface area contributed by atoms with Crippen molar-refractivity contribution < 1.29 is 14.1 Å². The maximum atomic E-state index is 12.0. The molecule has 0 aliphatic carbocycles. The summed E-state index contributed by atoms with van der Waals surface area (Å²) in [5.41, 5.74) is 0.614. The fraction of sp³-hybridized carbons (Fsp3) is 0.0714. The second kappa shape index (κ2) is 6.89. The minimum atomic E-state index is -0.493. The highest BCUT2D eigenvalue weighted by atomic mass is 79.9. The smallest absolute Gasteiger partial charge is 0.322 e. The molecule has 24 heavy (non-hydrogen) atoms. The number of aromatic nitrogens is 2. The standard InChI is InChI=1S/C14H9BrN4O4S/c15-11-6-5-10(24-11)13-17-18-14(23-13)16-12(20)7-8-1-3-9(4-2-8)19(21)22/h1-6H,7H2,(H,16,18,20). The Balaban J connectivity index is 1.62. The number of rotatable bonds is 5. The quantitative estimate of drug-likeness (QED) is 0.509. The van der Waals surface area contributed by atoms with Gasteiger partial charge in [-0.3, -0.25) is 20.2 Å². The van der Waals surface area contributed by atoms with E-state index in [1.54, 1.807) is 0 Å². The first kappa shape index (κ1) is 16.3. The highest BCUT2D eigenvalue weighted by Crippen LogP contribution is 2.30. The molecular formula is C14H9BrN4O4S. The van der Waals surface area contributed by atoms with Crippen molar-refractivity contribution in [2.45, 2.75) is 6.42 Å². The third kappa shape index (κ3) is 3.84. The molecule has 0 saturated heterocycles. The largest absolute Gasteiger partial charge is 0.402 e. The van der Waals surface area contributed by atoms with Gasteiger partial charge in [0.15, 0.2) is 0 Å². The fourth-order valence-electron chi connectivity index (χ4n) is 1.89. The third-order valence-electron chi connectivity index (χ3n) is 2.97. The van der Waals surface area contributed by atoms with Crippen LogP contribution in [-0.2, 0) is 11.2 Å². The first-order valence-corrected chi connectivity index (χ1v) is 8.24. The van der Waals surface area contributed by atoms with Crippen LogP contribution in [0.4, 0.5) is 11.7 Å². The van der Waals surface area contributed by atoms with Gasteiger partial charge in [0.25, 0.3) is 11.6 Å². The highest BCUT2D eigenvalue weighted by molar-refractivity contribution is 9.11. The van der Waals surface area contributed by atoms with Gasteiger partial charge in [0.05, 0.1) is 20.0 Å². The van der Waals surface area contributed by atoms with Gasteiger partial charge in [0.1, 0.15) is 0 Å². The summed E-state index contributed by atoms with van der Waals surface area (Å²) in [5, 5.41) is 20.7. The summed E-state index contributed by atoms with van der Waals surface area (Å²) in [6.07, 6.45) is 0.0419. The van der Waals surface area contributed by atoms with Gasteiger partial charge < -0.3 is 4.42 Å². The normalized spacial score (nSPS) is 10.5. The van der Waals surface area contributed by atoms with E-state index in [1.807, 2.05) is 12.1 Å². The first-order valence-electron chi connectivity index (χ1n) is 6.63. The van der Waals surface area contributed by atoms with Crippen molar-refractivity contribution in [2.24, 2.45) is 0 Å². The van der Waals surface area contributed by atoms with Crippen LogP contribution in [0.5, 0.6) is 0 Å². The van der Waals surface area contributed by atoms with Crippen LogP contribution in [0.25, 0.3) is 10.8 Å². The summed E-state index contributed by atoms with van der Waals surface area (Å²) in [6.45, 7) is 0. The molecule has 0 unspecified atom stereocenters. The zero-order valence-electron chi connectivity index (χ0n) is 11.9. The van der Waals surface area contributed by atoms with Crippen LogP contribution in [0.15, 0.2) is 44.6 Å². The van der Waals surface area contributed by atoms with E-state index in [4.69, 9.17) is 4.42 Å². The number of amides is 1. The number of carbonyl (C=O) groups excluding carboxylic acids is 1. The number of nitro benzene ring substituents is 1. The summed E-state index contributed by atoms with van der Waals surface area (Å²) in [7, 11) is 0. The van der Waals surface area contributed by atoms with Gasteiger partial charge in [0.2, 0.25) is 5.91 Å². The van der Waals surface area contributed by atoms with E-state index in [2.05, 4.69) is 31.4 Å². The van der Waals surface area contributed by atoms with E-state index in [0.717, 1.165) is 8.66 Å². The van der Waals surface area contributed by atoms with Crippen molar-refractivity contribution in [3.05, 3.63) is 55.9 Å². The zero-order chi connectivity index (χ0) is 17.1. The van der Waals surface area contributed by atoms with Crippen LogP contribution in [0.2, 0.25) is 0 Å². The first-order chi connectivity index (χ1) is 11.5. The fourth-order valence-corrected chi connectivity index (χ4v) is 3.19. The van der Waals surface area contributed by atoms with Gasteiger partial charge in [-0.2, -0.15) is 0 Å². The van der Waals surface area contributed by atoms with Crippen LogP contribution in [0.1, 0.15) is 5.56 Å². The average molecular weight is 409 g/mol. The number of halogens is 1. The minimum Gasteiger partial charge on any atom is -0.402 e. The molecule has 3 aromatic rings. The SMILES string of the molecule is O=C(Cc1ccc([N+](=O)[O-])cc1)Nc1nnc(-c2ccc(Br)s2)o1. The number of carbonyl (C=O) groups is 1. The zero-order valence-corrected chi connectivity index (χ0v) is 14.3. The Bertz CT molecular complexity index is 890. The summed E-state index contributed by atoms with van der Waals surface area (Å²) >= 11 is 4.78. The number of nitrogens with one attached hydrogen (secondary N) is 1. The second-order valence-corrected chi connectivity index (χ2v) is 7.13. The van der Waals surface area contributed by atoms with Gasteiger partial charge in [-0.25, -0.2) is 0 Å². The molecular weight excluding hydrogens is 400 g/mol. The summed E-state index contributed by atoms with van der Waals surface area (Å²) < 4.78 is 6.32. The van der Waals surface area contributed by atoms with E-state index in [9.17, 15) is 14.9 Å². The van der Waals surface area contributed by atoms with Crippen molar-refractivity contribution in [1.82, 2.24) is 10.2 Å². The predicted molar refractivity (Wildman–Crippen MR) is 90.7 cm³/mol. The lowest BCUT2D eigenvalue weighted by Gasteiger charge is -2.00. The Labute approximate surface area is 147 Å². The van der Waals surface area contributed by atoms with Gasteiger partial charge in [-0.05, 0) is 33.6 Å². The summed E-state index contributed by atoms with van der Waals surface area (Å²) in [6, 6.07) is 9.44. The maximum Gasteiger partial charge on any atom is 0.322 e. The molecule has 0 radical (unpaired) electrons. The molecule has 8 nitrogen and oxygen atoms in total. The monoisotopic (exact) mass is 408 g/mol. The molecule has 0 aliphatic rings. The molecule has 0 aliphatic heterocycles. The second-order valence-electron chi connectivity index (χ2n) is 4.66. The van der Waals surface area contributed by atoms with Gasteiger partial charge in [0, 0.05) is 12.1 Å². The molecule has 1 amide bonds. The van der Waals surface area contributed by atoms with E-state index in [0.29, 0.717) is 11.5 Å². The van der Waals surface area contributed by atoms with E-state index in [-0.39, 0.29) is 24.0 Å². The van der Waals surface area contributed by atoms with Crippen LogP contribution < -0.4 is 5.32 Å². The maximum absolute atomic E-state index is 12.0. The van der Waals surface area contributed by atoms with E-state index in [1.165, 1.54) is 35.6 Å². The van der Waals surface area contributed by atoms with E-state index >= 15 is 0 Å². The molecule has 0 bridgehead atoms. The lowest BCUT2D eigenvalue weighted by molar-refractivity contribution is -0.384. The lowest BCUT2D eigenvalue weighted by atomic mass is 10.1. The molecule has 0 saturated carbocycles.